The van der Waals surface area contributed by atoms with Crippen LogP contribution in [-0.2, 0) is 19.0 Å². The summed E-state index contributed by atoms with van der Waals surface area (Å²) in [7, 11) is -5.39. The highest BCUT2D eigenvalue weighted by Crippen LogP contribution is 2.50. The van der Waals surface area contributed by atoms with Crippen molar-refractivity contribution in [1.82, 2.24) is 0 Å². The zero-order chi connectivity index (χ0) is 12.1. The highest BCUT2D eigenvalue weighted by Gasteiger charge is 2.79. The van der Waals surface area contributed by atoms with E-state index in [0.717, 1.165) is 0 Å². The number of alkyl halides is 6. The Labute approximate surface area is 78.9 Å². The van der Waals surface area contributed by atoms with E-state index in [2.05, 4.69) is 8.92 Å². The molecule has 4 nitrogen and oxygen atoms in total. The van der Waals surface area contributed by atoms with E-state index >= 15 is 0 Å². The monoisotopic (exact) mass is 260 g/mol. The summed E-state index contributed by atoms with van der Waals surface area (Å²) in [5.74, 6) is 0. The molecule has 0 saturated carbocycles. The van der Waals surface area contributed by atoms with Crippen LogP contribution in [-0.4, -0.2) is 32.5 Å². The zero-order valence-electron chi connectivity index (χ0n) is 6.52. The van der Waals surface area contributed by atoms with Crippen LogP contribution in [0.15, 0.2) is 0 Å². The van der Waals surface area contributed by atoms with Crippen LogP contribution in [0.2, 0.25) is 0 Å². The number of hydrogen-bond donors (Lipinski definition) is 0. The molecule has 1 fully saturated rings. The fraction of sp³-hybridized carbons (Fsp3) is 1.00. The van der Waals surface area contributed by atoms with Gasteiger partial charge in [0.1, 0.15) is 6.61 Å². The Hall–Kier alpha value is -0.550. The van der Waals surface area contributed by atoms with Gasteiger partial charge in [-0.3, -0.25) is 4.74 Å². The lowest BCUT2D eigenvalue weighted by Crippen LogP contribution is -2.66. The fourth-order valence-electron chi connectivity index (χ4n) is 0.708. The van der Waals surface area contributed by atoms with Crippen LogP contribution >= 0.6 is 0 Å². The second kappa shape index (κ2) is 2.98. The lowest BCUT2D eigenvalue weighted by molar-refractivity contribution is -0.356. The predicted octanol–water partition coefficient (Wildman–Crippen LogP) is 1.14. The SMILES string of the molecule is O=S1(=O)OC(F)(F)C1(F)COC(F)(F)F. The highest BCUT2D eigenvalue weighted by atomic mass is 32.2. The van der Waals surface area contributed by atoms with E-state index in [4.69, 9.17) is 0 Å². The first-order valence-corrected chi connectivity index (χ1v) is 4.55. The van der Waals surface area contributed by atoms with Crippen molar-refractivity contribution in [2.24, 2.45) is 0 Å². The van der Waals surface area contributed by atoms with Gasteiger partial charge in [-0.1, -0.05) is 0 Å². The maximum absolute atomic E-state index is 12.9. The topological polar surface area (TPSA) is 52.6 Å². The second-order valence-corrected chi connectivity index (χ2v) is 4.24. The molecule has 15 heavy (non-hydrogen) atoms. The quantitative estimate of drug-likeness (QED) is 0.552. The van der Waals surface area contributed by atoms with Crippen molar-refractivity contribution in [3.8, 4) is 0 Å². The van der Waals surface area contributed by atoms with Gasteiger partial charge in [-0.2, -0.15) is 21.4 Å². The Balaban J connectivity index is 2.83. The molecule has 90 valence electrons. The third-order valence-corrected chi connectivity index (χ3v) is 3.04. The van der Waals surface area contributed by atoms with Gasteiger partial charge < -0.3 is 0 Å². The summed E-state index contributed by atoms with van der Waals surface area (Å²) >= 11 is 0. The van der Waals surface area contributed by atoms with Gasteiger partial charge in [0.05, 0.1) is 0 Å². The molecule has 0 bridgehead atoms. The van der Waals surface area contributed by atoms with Crippen LogP contribution in [0.25, 0.3) is 0 Å². The smallest absolute Gasteiger partial charge is 0.287 e. The van der Waals surface area contributed by atoms with E-state index < -0.39 is 34.2 Å². The van der Waals surface area contributed by atoms with E-state index in [9.17, 15) is 34.8 Å². The minimum absolute atomic E-state index is 2.38. The first kappa shape index (κ1) is 12.5. The molecule has 1 unspecified atom stereocenters. The van der Waals surface area contributed by atoms with E-state index in [1.165, 1.54) is 0 Å². The minimum atomic E-state index is -5.42. The molecule has 1 aliphatic rings. The fourth-order valence-corrected chi connectivity index (χ4v) is 1.67. The average Bonchev–Trinajstić information content (AvgIpc) is 1.95. The average molecular weight is 260 g/mol. The molecule has 0 N–H and O–H groups in total. The lowest BCUT2D eigenvalue weighted by atomic mass is 10.4. The molecule has 0 aromatic heterocycles. The molecule has 0 aliphatic carbocycles. The molecular weight excluding hydrogens is 258 g/mol. The number of hydrogen-bond acceptors (Lipinski definition) is 4. The van der Waals surface area contributed by atoms with Crippen molar-refractivity contribution in [3.05, 3.63) is 0 Å². The molecule has 1 saturated heterocycles. The van der Waals surface area contributed by atoms with Gasteiger partial charge in [-0.05, 0) is 0 Å². The molecule has 1 rings (SSSR count). The van der Waals surface area contributed by atoms with Crippen molar-refractivity contribution >= 4 is 10.1 Å². The van der Waals surface area contributed by atoms with Gasteiger partial charge in [0.2, 0.25) is 0 Å². The summed E-state index contributed by atoms with van der Waals surface area (Å²) in [5, 5.41) is -4.50. The first-order valence-electron chi connectivity index (χ1n) is 3.14. The van der Waals surface area contributed by atoms with Crippen molar-refractivity contribution in [3.63, 3.8) is 0 Å². The highest BCUT2D eigenvalue weighted by molar-refractivity contribution is 7.89. The summed E-state index contributed by atoms with van der Waals surface area (Å²) in [6.45, 7) is -2.38. The van der Waals surface area contributed by atoms with Crippen LogP contribution < -0.4 is 0 Å². The van der Waals surface area contributed by atoms with Crippen molar-refractivity contribution in [1.29, 1.82) is 0 Å². The zero-order valence-corrected chi connectivity index (χ0v) is 7.33. The normalized spacial score (nSPS) is 33.5. The molecule has 0 radical (unpaired) electrons. The molecule has 0 amide bonds. The Morgan fingerprint density at radius 1 is 1.20 bits per heavy atom. The van der Waals surface area contributed by atoms with E-state index in [1.807, 2.05) is 0 Å². The van der Waals surface area contributed by atoms with Crippen LogP contribution in [0.5, 0.6) is 0 Å². The maximum atomic E-state index is 12.9. The molecule has 0 aromatic carbocycles. The third kappa shape index (κ3) is 1.90. The Bertz CT molecular complexity index is 360. The largest absolute Gasteiger partial charge is 0.522 e. The second-order valence-electron chi connectivity index (χ2n) is 2.52. The molecule has 1 atom stereocenters. The van der Waals surface area contributed by atoms with Crippen LogP contribution in [0.4, 0.5) is 26.3 Å². The number of rotatable bonds is 2. The molecule has 0 aromatic rings. The van der Waals surface area contributed by atoms with Gasteiger partial charge in [-0.25, -0.2) is 4.39 Å². The minimum Gasteiger partial charge on any atom is -0.287 e. The Morgan fingerprint density at radius 2 is 1.67 bits per heavy atom. The van der Waals surface area contributed by atoms with Gasteiger partial charge in [0.15, 0.2) is 0 Å². The van der Waals surface area contributed by atoms with Crippen molar-refractivity contribution in [2.45, 2.75) is 17.5 Å². The number of ether oxygens (including phenoxy) is 1. The summed E-state index contributed by atoms with van der Waals surface area (Å²) in [6, 6.07) is 0. The maximum Gasteiger partial charge on any atom is 0.522 e. The third-order valence-electron chi connectivity index (χ3n) is 1.47. The summed E-state index contributed by atoms with van der Waals surface area (Å²) in [4.78, 5) is 0. The van der Waals surface area contributed by atoms with Crippen molar-refractivity contribution in [2.75, 3.05) is 6.61 Å². The van der Waals surface area contributed by atoms with Crippen LogP contribution in [0.3, 0.4) is 0 Å². The predicted molar refractivity (Wildman–Crippen MR) is 30.8 cm³/mol. The summed E-state index contributed by atoms with van der Waals surface area (Å²) in [6.07, 6.45) is -10.3. The summed E-state index contributed by atoms with van der Waals surface area (Å²) in [5.41, 5.74) is 0. The van der Waals surface area contributed by atoms with Gasteiger partial charge in [-0.15, -0.1) is 13.2 Å². The standard InChI is InChI=1S/C4H2F6O4S/c5-2(1-13-4(8,9)10)3(6,7)14-15(2,11)12/h1H2. The van der Waals surface area contributed by atoms with Gasteiger partial charge >= 0.3 is 27.6 Å². The molecule has 1 aliphatic heterocycles. The lowest BCUT2D eigenvalue weighted by Gasteiger charge is -2.39. The Kier molecular flexibility index (Phi) is 2.49. The van der Waals surface area contributed by atoms with Crippen LogP contribution in [0, 0.1) is 0 Å². The van der Waals surface area contributed by atoms with Gasteiger partial charge in [0.25, 0.3) is 0 Å². The van der Waals surface area contributed by atoms with E-state index in [0.29, 0.717) is 0 Å². The molecule has 1 heterocycles. The van der Waals surface area contributed by atoms with E-state index in [1.54, 1.807) is 0 Å². The van der Waals surface area contributed by atoms with Crippen molar-refractivity contribution < 1.29 is 43.7 Å². The van der Waals surface area contributed by atoms with Crippen LogP contribution in [0.1, 0.15) is 0 Å². The first-order chi connectivity index (χ1) is 6.41. The molecule has 0 spiro atoms. The number of halogens is 6. The molecular formula is C4H2F6O4S. The summed E-state index contributed by atoms with van der Waals surface area (Å²) < 4.78 is 97.7. The van der Waals surface area contributed by atoms with E-state index in [-0.39, 0.29) is 0 Å². The molecule has 11 heteroatoms. The van der Waals surface area contributed by atoms with Gasteiger partial charge in [0, 0.05) is 0 Å². The Morgan fingerprint density at radius 3 is 1.93 bits per heavy atom.